The Morgan fingerprint density at radius 3 is 2.68 bits per heavy atom. The zero-order chi connectivity index (χ0) is 16.4. The van der Waals surface area contributed by atoms with E-state index in [4.69, 9.17) is 11.6 Å². The number of hydrogen-bond donors (Lipinski definition) is 1. The molecule has 0 aliphatic carbocycles. The first-order chi connectivity index (χ1) is 10.4. The SMILES string of the molecule is COC(=O)c1c(NC(=O)c2c(F)cccc2Cl)c(C)nn1C. The second kappa shape index (κ2) is 6.15. The second-order valence-electron chi connectivity index (χ2n) is 4.47. The summed E-state index contributed by atoms with van der Waals surface area (Å²) in [7, 11) is 2.75. The van der Waals surface area contributed by atoms with Gasteiger partial charge in [0, 0.05) is 7.05 Å². The summed E-state index contributed by atoms with van der Waals surface area (Å²) in [6.07, 6.45) is 0. The summed E-state index contributed by atoms with van der Waals surface area (Å²) in [6, 6.07) is 3.92. The van der Waals surface area contributed by atoms with Gasteiger partial charge >= 0.3 is 5.97 Å². The normalized spacial score (nSPS) is 10.4. The van der Waals surface area contributed by atoms with Crippen molar-refractivity contribution >= 4 is 29.2 Å². The molecular formula is C14H13ClFN3O3. The number of rotatable bonds is 3. The van der Waals surface area contributed by atoms with Gasteiger partial charge in [-0.1, -0.05) is 17.7 Å². The van der Waals surface area contributed by atoms with Gasteiger partial charge in [0.05, 0.1) is 29.1 Å². The number of hydrogen-bond acceptors (Lipinski definition) is 4. The number of aromatic nitrogens is 2. The van der Waals surface area contributed by atoms with E-state index in [0.29, 0.717) is 5.69 Å². The fourth-order valence-electron chi connectivity index (χ4n) is 2.03. The molecule has 0 atom stereocenters. The minimum absolute atomic E-state index is 0.0290. The Hall–Kier alpha value is -2.41. The van der Waals surface area contributed by atoms with Crippen LogP contribution in [0.4, 0.5) is 10.1 Å². The molecule has 0 spiro atoms. The predicted octanol–water partition coefficient (Wildman–Crippen LogP) is 2.56. The van der Waals surface area contributed by atoms with Gasteiger partial charge in [-0.2, -0.15) is 5.10 Å². The van der Waals surface area contributed by atoms with Crippen LogP contribution in [0.5, 0.6) is 0 Å². The lowest BCUT2D eigenvalue weighted by Gasteiger charge is -2.09. The lowest BCUT2D eigenvalue weighted by atomic mass is 10.2. The van der Waals surface area contributed by atoms with Gasteiger partial charge in [-0.15, -0.1) is 0 Å². The number of nitrogens with zero attached hydrogens (tertiary/aromatic N) is 2. The Morgan fingerprint density at radius 2 is 2.09 bits per heavy atom. The highest BCUT2D eigenvalue weighted by Crippen LogP contribution is 2.24. The Bertz CT molecular complexity index is 738. The van der Waals surface area contributed by atoms with Gasteiger partial charge in [-0.25, -0.2) is 9.18 Å². The smallest absolute Gasteiger partial charge is 0.358 e. The molecule has 6 nitrogen and oxygen atoms in total. The summed E-state index contributed by atoms with van der Waals surface area (Å²) in [5, 5.41) is 6.48. The largest absolute Gasteiger partial charge is 0.464 e. The van der Waals surface area contributed by atoms with E-state index < -0.39 is 17.7 Å². The van der Waals surface area contributed by atoms with Crippen LogP contribution in [0.3, 0.4) is 0 Å². The van der Waals surface area contributed by atoms with Crippen LogP contribution in [0.15, 0.2) is 18.2 Å². The van der Waals surface area contributed by atoms with E-state index in [0.717, 1.165) is 6.07 Å². The molecule has 2 aromatic rings. The topological polar surface area (TPSA) is 73.2 Å². The molecule has 0 radical (unpaired) electrons. The van der Waals surface area contributed by atoms with E-state index in [9.17, 15) is 14.0 Å². The zero-order valence-corrected chi connectivity index (χ0v) is 12.9. The molecular weight excluding hydrogens is 313 g/mol. The minimum atomic E-state index is -0.774. The number of nitrogens with one attached hydrogen (secondary N) is 1. The van der Waals surface area contributed by atoms with E-state index in [1.807, 2.05) is 0 Å². The molecule has 0 aliphatic heterocycles. The Balaban J connectivity index is 2.43. The van der Waals surface area contributed by atoms with Crippen molar-refractivity contribution in [3.8, 4) is 0 Å². The quantitative estimate of drug-likeness (QED) is 0.880. The molecule has 0 aliphatic rings. The molecule has 0 fully saturated rings. The summed E-state index contributed by atoms with van der Waals surface area (Å²) in [5.74, 6) is -2.20. The first kappa shape index (κ1) is 16.0. The Labute approximate surface area is 130 Å². The molecule has 1 aromatic carbocycles. The van der Waals surface area contributed by atoms with Crippen molar-refractivity contribution in [3.05, 3.63) is 46.0 Å². The molecule has 0 unspecified atom stereocenters. The van der Waals surface area contributed by atoms with E-state index >= 15 is 0 Å². The molecule has 116 valence electrons. The first-order valence-electron chi connectivity index (χ1n) is 6.24. The van der Waals surface area contributed by atoms with Gasteiger partial charge in [0.15, 0.2) is 5.69 Å². The molecule has 1 aromatic heterocycles. The molecule has 1 N–H and O–H groups in total. The van der Waals surface area contributed by atoms with Crippen molar-refractivity contribution in [1.82, 2.24) is 9.78 Å². The van der Waals surface area contributed by atoms with Crippen LogP contribution in [0, 0.1) is 12.7 Å². The van der Waals surface area contributed by atoms with E-state index in [1.165, 1.54) is 31.0 Å². The van der Waals surface area contributed by atoms with Gasteiger partial charge in [0.1, 0.15) is 5.82 Å². The number of aryl methyl sites for hydroxylation is 2. The second-order valence-corrected chi connectivity index (χ2v) is 4.88. The molecule has 22 heavy (non-hydrogen) atoms. The number of ether oxygens (including phenoxy) is 1. The van der Waals surface area contributed by atoms with Crippen LogP contribution in [0.25, 0.3) is 0 Å². The molecule has 0 saturated carbocycles. The summed E-state index contributed by atoms with van der Waals surface area (Å²) in [5.41, 5.74) is 0.298. The number of esters is 1. The average Bonchev–Trinajstić information content (AvgIpc) is 2.72. The Morgan fingerprint density at radius 1 is 1.41 bits per heavy atom. The maximum atomic E-state index is 13.8. The molecule has 1 heterocycles. The third-order valence-electron chi connectivity index (χ3n) is 3.03. The third-order valence-corrected chi connectivity index (χ3v) is 3.34. The van der Waals surface area contributed by atoms with Crippen molar-refractivity contribution in [2.45, 2.75) is 6.92 Å². The minimum Gasteiger partial charge on any atom is -0.464 e. The summed E-state index contributed by atoms with van der Waals surface area (Å²) in [6.45, 7) is 1.60. The average molecular weight is 326 g/mol. The van der Waals surface area contributed by atoms with E-state index in [-0.39, 0.29) is 22.0 Å². The highest BCUT2D eigenvalue weighted by Gasteiger charge is 2.24. The van der Waals surface area contributed by atoms with Crippen molar-refractivity contribution in [3.63, 3.8) is 0 Å². The van der Waals surface area contributed by atoms with Crippen LogP contribution in [-0.4, -0.2) is 28.8 Å². The lowest BCUT2D eigenvalue weighted by Crippen LogP contribution is -2.18. The predicted molar refractivity (Wildman–Crippen MR) is 78.6 cm³/mol. The molecule has 2 rings (SSSR count). The summed E-state index contributed by atoms with van der Waals surface area (Å²) >= 11 is 5.85. The zero-order valence-electron chi connectivity index (χ0n) is 12.1. The van der Waals surface area contributed by atoms with Crippen molar-refractivity contribution in [2.24, 2.45) is 7.05 Å². The van der Waals surface area contributed by atoms with Gasteiger partial charge in [-0.05, 0) is 19.1 Å². The van der Waals surface area contributed by atoms with Gasteiger partial charge in [-0.3, -0.25) is 9.48 Å². The summed E-state index contributed by atoms with van der Waals surface area (Å²) < 4.78 is 19.7. The number of halogens is 2. The Kier molecular flexibility index (Phi) is 4.46. The van der Waals surface area contributed by atoms with Crippen molar-refractivity contribution < 1.29 is 18.7 Å². The maximum absolute atomic E-state index is 13.8. The highest BCUT2D eigenvalue weighted by molar-refractivity contribution is 6.34. The number of carbonyl (C=O) groups excluding carboxylic acids is 2. The van der Waals surface area contributed by atoms with E-state index in [1.54, 1.807) is 6.92 Å². The monoisotopic (exact) mass is 325 g/mol. The lowest BCUT2D eigenvalue weighted by molar-refractivity contribution is 0.0589. The molecule has 0 saturated heterocycles. The first-order valence-corrected chi connectivity index (χ1v) is 6.61. The van der Waals surface area contributed by atoms with E-state index in [2.05, 4.69) is 15.2 Å². The highest BCUT2D eigenvalue weighted by atomic mass is 35.5. The number of benzene rings is 1. The van der Waals surface area contributed by atoms with Crippen LogP contribution < -0.4 is 5.32 Å². The number of amides is 1. The van der Waals surface area contributed by atoms with Gasteiger partial charge < -0.3 is 10.1 Å². The standard InChI is InChI=1S/C14H13ClFN3O3/c1-7-11(12(14(21)22-3)19(2)18-7)17-13(20)10-8(15)5-4-6-9(10)16/h4-6H,1-3H3,(H,17,20). The van der Waals surface area contributed by atoms with Crippen LogP contribution in [-0.2, 0) is 11.8 Å². The van der Waals surface area contributed by atoms with Crippen LogP contribution in [0.2, 0.25) is 5.02 Å². The van der Waals surface area contributed by atoms with Crippen LogP contribution >= 0.6 is 11.6 Å². The fraction of sp³-hybridized carbons (Fsp3) is 0.214. The van der Waals surface area contributed by atoms with Gasteiger partial charge in [0.2, 0.25) is 0 Å². The van der Waals surface area contributed by atoms with Crippen molar-refractivity contribution in [2.75, 3.05) is 12.4 Å². The number of carbonyl (C=O) groups is 2. The molecule has 0 bridgehead atoms. The fourth-order valence-corrected chi connectivity index (χ4v) is 2.28. The van der Waals surface area contributed by atoms with Gasteiger partial charge in [0.25, 0.3) is 5.91 Å². The number of methoxy groups -OCH3 is 1. The number of anilines is 1. The third kappa shape index (κ3) is 2.80. The van der Waals surface area contributed by atoms with Crippen molar-refractivity contribution in [1.29, 1.82) is 0 Å². The molecule has 1 amide bonds. The molecule has 8 heteroatoms. The van der Waals surface area contributed by atoms with Crippen LogP contribution in [0.1, 0.15) is 26.5 Å². The summed E-state index contributed by atoms with van der Waals surface area (Å²) in [4.78, 5) is 24.0. The maximum Gasteiger partial charge on any atom is 0.358 e.